The number of fused-ring (bicyclic) bond motifs is 1. The SMILES string of the molecule is Nc1ccc2c(c1)CCC(=O)N2C(=O)C1CCCN1. The van der Waals surface area contributed by atoms with Crippen LogP contribution in [0.3, 0.4) is 0 Å². The molecule has 100 valence electrons. The van der Waals surface area contributed by atoms with Gasteiger partial charge in [0.1, 0.15) is 0 Å². The molecule has 2 heterocycles. The first kappa shape index (κ1) is 12.2. The number of nitrogens with zero attached hydrogens (tertiary/aromatic N) is 1. The molecule has 1 unspecified atom stereocenters. The number of anilines is 2. The number of carbonyl (C=O) groups excluding carboxylic acids is 2. The smallest absolute Gasteiger partial charge is 0.250 e. The Morgan fingerprint density at radius 3 is 2.95 bits per heavy atom. The van der Waals surface area contributed by atoms with Crippen LogP contribution in [-0.4, -0.2) is 24.4 Å². The second-order valence-corrected chi connectivity index (χ2v) is 5.10. The highest BCUT2D eigenvalue weighted by molar-refractivity contribution is 6.18. The topological polar surface area (TPSA) is 75.4 Å². The van der Waals surface area contributed by atoms with Crippen molar-refractivity contribution in [3.05, 3.63) is 23.8 Å². The van der Waals surface area contributed by atoms with E-state index in [1.165, 1.54) is 4.90 Å². The van der Waals surface area contributed by atoms with Crippen molar-refractivity contribution in [1.82, 2.24) is 5.32 Å². The summed E-state index contributed by atoms with van der Waals surface area (Å²) in [5.74, 6) is -0.246. The van der Waals surface area contributed by atoms with Crippen LogP contribution in [0.1, 0.15) is 24.8 Å². The second-order valence-electron chi connectivity index (χ2n) is 5.10. The number of nitrogen functional groups attached to an aromatic ring is 1. The third-order valence-corrected chi connectivity index (χ3v) is 3.78. The Morgan fingerprint density at radius 2 is 2.21 bits per heavy atom. The summed E-state index contributed by atoms with van der Waals surface area (Å²) < 4.78 is 0. The van der Waals surface area contributed by atoms with E-state index in [2.05, 4.69) is 5.32 Å². The summed E-state index contributed by atoms with van der Waals surface area (Å²) in [5.41, 5.74) is 8.10. The number of amides is 2. The number of benzene rings is 1. The molecule has 0 aliphatic carbocycles. The highest BCUT2D eigenvalue weighted by Crippen LogP contribution is 2.30. The van der Waals surface area contributed by atoms with Crippen LogP contribution >= 0.6 is 0 Å². The van der Waals surface area contributed by atoms with Crippen LogP contribution < -0.4 is 16.0 Å². The first-order chi connectivity index (χ1) is 9.16. The fourth-order valence-electron chi connectivity index (χ4n) is 2.80. The first-order valence-electron chi connectivity index (χ1n) is 6.65. The van der Waals surface area contributed by atoms with E-state index < -0.39 is 0 Å². The number of rotatable bonds is 1. The highest BCUT2D eigenvalue weighted by Gasteiger charge is 2.34. The standard InChI is InChI=1S/C14H17N3O2/c15-10-4-5-12-9(8-10)3-6-13(18)17(12)14(19)11-2-1-7-16-11/h4-5,8,11,16H,1-3,6-7,15H2. The van der Waals surface area contributed by atoms with Gasteiger partial charge in [0.15, 0.2) is 0 Å². The molecule has 2 amide bonds. The molecule has 0 saturated carbocycles. The molecule has 1 aromatic carbocycles. The van der Waals surface area contributed by atoms with E-state index in [1.807, 2.05) is 6.07 Å². The van der Waals surface area contributed by atoms with Crippen LogP contribution in [0.5, 0.6) is 0 Å². The van der Waals surface area contributed by atoms with E-state index in [0.717, 1.165) is 24.9 Å². The number of aryl methyl sites for hydroxylation is 1. The van der Waals surface area contributed by atoms with Crippen molar-refractivity contribution in [2.75, 3.05) is 17.2 Å². The van der Waals surface area contributed by atoms with Crippen LogP contribution in [0.25, 0.3) is 0 Å². The largest absolute Gasteiger partial charge is 0.399 e. The van der Waals surface area contributed by atoms with Gasteiger partial charge in [-0.15, -0.1) is 0 Å². The van der Waals surface area contributed by atoms with Gasteiger partial charge in [-0.3, -0.25) is 9.59 Å². The Bertz CT molecular complexity index is 535. The van der Waals surface area contributed by atoms with Gasteiger partial charge in [0.05, 0.1) is 11.7 Å². The molecular weight excluding hydrogens is 242 g/mol. The molecule has 19 heavy (non-hydrogen) atoms. The summed E-state index contributed by atoms with van der Waals surface area (Å²) >= 11 is 0. The monoisotopic (exact) mass is 259 g/mol. The number of carbonyl (C=O) groups is 2. The maximum atomic E-state index is 12.5. The lowest BCUT2D eigenvalue weighted by Gasteiger charge is -2.29. The minimum absolute atomic E-state index is 0.115. The summed E-state index contributed by atoms with van der Waals surface area (Å²) in [4.78, 5) is 25.9. The lowest BCUT2D eigenvalue weighted by Crippen LogP contribution is -2.48. The van der Waals surface area contributed by atoms with Gasteiger partial charge in [-0.05, 0) is 49.6 Å². The Morgan fingerprint density at radius 1 is 1.37 bits per heavy atom. The molecule has 1 atom stereocenters. The van der Waals surface area contributed by atoms with Crippen molar-refractivity contribution in [2.24, 2.45) is 0 Å². The fraction of sp³-hybridized carbons (Fsp3) is 0.429. The van der Waals surface area contributed by atoms with E-state index in [4.69, 9.17) is 5.73 Å². The van der Waals surface area contributed by atoms with Crippen molar-refractivity contribution >= 4 is 23.2 Å². The molecule has 0 aromatic heterocycles. The lowest BCUT2D eigenvalue weighted by molar-refractivity contribution is -0.127. The van der Waals surface area contributed by atoms with E-state index in [0.29, 0.717) is 24.2 Å². The minimum Gasteiger partial charge on any atom is -0.399 e. The predicted molar refractivity (Wildman–Crippen MR) is 72.7 cm³/mol. The number of imide groups is 1. The van der Waals surface area contributed by atoms with Crippen molar-refractivity contribution in [2.45, 2.75) is 31.7 Å². The van der Waals surface area contributed by atoms with E-state index in [1.54, 1.807) is 12.1 Å². The fourth-order valence-corrected chi connectivity index (χ4v) is 2.80. The van der Waals surface area contributed by atoms with Gasteiger partial charge < -0.3 is 11.1 Å². The summed E-state index contributed by atoms with van der Waals surface area (Å²) in [6.45, 7) is 0.840. The Balaban J connectivity index is 1.96. The van der Waals surface area contributed by atoms with Gasteiger partial charge in [-0.25, -0.2) is 4.90 Å². The molecule has 1 fully saturated rings. The Kier molecular flexibility index (Phi) is 2.98. The molecule has 3 N–H and O–H groups in total. The average molecular weight is 259 g/mol. The van der Waals surface area contributed by atoms with Gasteiger partial charge in [0, 0.05) is 12.1 Å². The molecular formula is C14H17N3O2. The molecule has 2 aliphatic heterocycles. The van der Waals surface area contributed by atoms with Gasteiger partial charge >= 0.3 is 0 Å². The highest BCUT2D eigenvalue weighted by atomic mass is 16.2. The van der Waals surface area contributed by atoms with Crippen LogP contribution in [0.2, 0.25) is 0 Å². The minimum atomic E-state index is -0.229. The van der Waals surface area contributed by atoms with Crippen LogP contribution in [-0.2, 0) is 16.0 Å². The number of hydrogen-bond donors (Lipinski definition) is 2. The lowest BCUT2D eigenvalue weighted by atomic mass is 9.99. The molecule has 5 nitrogen and oxygen atoms in total. The van der Waals surface area contributed by atoms with Crippen LogP contribution in [0.4, 0.5) is 11.4 Å². The maximum Gasteiger partial charge on any atom is 0.250 e. The Hall–Kier alpha value is -1.88. The molecule has 1 aromatic rings. The van der Waals surface area contributed by atoms with Crippen LogP contribution in [0, 0.1) is 0 Å². The van der Waals surface area contributed by atoms with Crippen molar-refractivity contribution in [1.29, 1.82) is 0 Å². The van der Waals surface area contributed by atoms with Crippen molar-refractivity contribution in [3.63, 3.8) is 0 Å². The number of nitrogens with two attached hydrogens (primary N) is 1. The van der Waals surface area contributed by atoms with Crippen molar-refractivity contribution in [3.8, 4) is 0 Å². The molecule has 0 radical (unpaired) electrons. The number of hydrogen-bond acceptors (Lipinski definition) is 4. The summed E-state index contributed by atoms with van der Waals surface area (Å²) in [6, 6.07) is 5.13. The maximum absolute atomic E-state index is 12.5. The third-order valence-electron chi connectivity index (χ3n) is 3.78. The quantitative estimate of drug-likeness (QED) is 0.578. The number of nitrogens with one attached hydrogen (secondary N) is 1. The molecule has 5 heteroatoms. The summed E-state index contributed by atoms with van der Waals surface area (Å²) in [5, 5.41) is 3.15. The molecule has 0 spiro atoms. The molecule has 2 aliphatic rings. The first-order valence-corrected chi connectivity index (χ1v) is 6.65. The molecule has 1 saturated heterocycles. The van der Waals surface area contributed by atoms with E-state index >= 15 is 0 Å². The van der Waals surface area contributed by atoms with E-state index in [-0.39, 0.29) is 17.9 Å². The zero-order valence-corrected chi connectivity index (χ0v) is 10.7. The normalized spacial score (nSPS) is 22.4. The van der Waals surface area contributed by atoms with E-state index in [9.17, 15) is 9.59 Å². The zero-order chi connectivity index (χ0) is 13.4. The Labute approximate surface area is 111 Å². The van der Waals surface area contributed by atoms with Gasteiger partial charge in [0.2, 0.25) is 5.91 Å². The second kappa shape index (κ2) is 4.66. The summed E-state index contributed by atoms with van der Waals surface area (Å²) in [6.07, 6.45) is 2.80. The third kappa shape index (κ3) is 2.10. The van der Waals surface area contributed by atoms with Gasteiger partial charge in [-0.1, -0.05) is 0 Å². The zero-order valence-electron chi connectivity index (χ0n) is 10.7. The van der Waals surface area contributed by atoms with Crippen LogP contribution in [0.15, 0.2) is 18.2 Å². The van der Waals surface area contributed by atoms with Crippen molar-refractivity contribution < 1.29 is 9.59 Å². The van der Waals surface area contributed by atoms with Gasteiger partial charge in [-0.2, -0.15) is 0 Å². The molecule has 3 rings (SSSR count). The average Bonchev–Trinajstić information content (AvgIpc) is 2.92. The van der Waals surface area contributed by atoms with Gasteiger partial charge in [0.25, 0.3) is 5.91 Å². The molecule has 0 bridgehead atoms. The summed E-state index contributed by atoms with van der Waals surface area (Å²) in [7, 11) is 0. The predicted octanol–water partition coefficient (Wildman–Crippen LogP) is 0.827.